The Morgan fingerprint density at radius 2 is 1.58 bits per heavy atom. The van der Waals surface area contributed by atoms with Crippen molar-refractivity contribution in [2.45, 2.75) is 20.8 Å². The third-order valence-electron chi connectivity index (χ3n) is 5.44. The average Bonchev–Trinajstić information content (AvgIpc) is 3.28. The zero-order valence-electron chi connectivity index (χ0n) is 17.7. The van der Waals surface area contributed by atoms with Crippen molar-refractivity contribution in [2.24, 2.45) is 0 Å². The van der Waals surface area contributed by atoms with Crippen molar-refractivity contribution in [3.8, 4) is 16.8 Å². The van der Waals surface area contributed by atoms with Gasteiger partial charge in [-0.25, -0.2) is 9.20 Å². The number of benzene rings is 2. The Morgan fingerprint density at radius 1 is 0.839 bits per heavy atom. The summed E-state index contributed by atoms with van der Waals surface area (Å²) in [7, 11) is 0. The normalized spacial score (nSPS) is 11.2. The molecule has 0 fully saturated rings. The highest BCUT2D eigenvalue weighted by atomic mass is 15.3. The second-order valence-corrected chi connectivity index (χ2v) is 7.64. The summed E-state index contributed by atoms with van der Waals surface area (Å²) in [5.41, 5.74) is 13.7. The van der Waals surface area contributed by atoms with E-state index in [1.165, 1.54) is 0 Å². The highest BCUT2D eigenvalue weighted by Crippen LogP contribution is 2.36. The molecule has 3 N–H and O–H groups in total. The number of nitrogens with two attached hydrogens (primary N) is 1. The summed E-state index contributed by atoms with van der Waals surface area (Å²) in [6.45, 7) is 6.20. The van der Waals surface area contributed by atoms with E-state index < -0.39 is 0 Å². The van der Waals surface area contributed by atoms with E-state index in [0.29, 0.717) is 5.65 Å². The number of nitrogen functional groups attached to an aromatic ring is 1. The summed E-state index contributed by atoms with van der Waals surface area (Å²) in [4.78, 5) is 4.23. The van der Waals surface area contributed by atoms with Crippen LogP contribution in [0, 0.1) is 20.8 Å². The number of hydrogen-bond donors (Lipinski definition) is 2. The van der Waals surface area contributed by atoms with E-state index in [2.05, 4.69) is 53.5 Å². The highest BCUT2D eigenvalue weighted by molar-refractivity contribution is 5.82. The molecule has 0 spiro atoms. The lowest BCUT2D eigenvalue weighted by molar-refractivity contribution is 0.862. The van der Waals surface area contributed by atoms with Gasteiger partial charge in [0.1, 0.15) is 5.82 Å². The van der Waals surface area contributed by atoms with Crippen LogP contribution >= 0.6 is 0 Å². The molecule has 0 aliphatic rings. The number of hydrogen-bond acceptors (Lipinski definition) is 5. The number of fused-ring (bicyclic) bond motifs is 1. The van der Waals surface area contributed by atoms with Gasteiger partial charge in [0.15, 0.2) is 5.65 Å². The maximum atomic E-state index is 5.78. The molecule has 0 saturated carbocycles. The molecule has 7 nitrogen and oxygen atoms in total. The van der Waals surface area contributed by atoms with E-state index in [1.807, 2.05) is 54.2 Å². The van der Waals surface area contributed by atoms with Crippen LogP contribution in [-0.2, 0) is 0 Å². The highest BCUT2D eigenvalue weighted by Gasteiger charge is 2.20. The van der Waals surface area contributed by atoms with E-state index in [-0.39, 0.29) is 5.95 Å². The fourth-order valence-electron chi connectivity index (χ4n) is 3.85. The van der Waals surface area contributed by atoms with Crippen molar-refractivity contribution in [1.29, 1.82) is 0 Å². The van der Waals surface area contributed by atoms with Crippen LogP contribution in [-0.4, -0.2) is 24.4 Å². The van der Waals surface area contributed by atoms with Crippen LogP contribution in [0.3, 0.4) is 0 Å². The van der Waals surface area contributed by atoms with Crippen LogP contribution in [0.4, 0.5) is 17.5 Å². The summed E-state index contributed by atoms with van der Waals surface area (Å²) in [6.07, 6.45) is 1.94. The number of nitrogens with zero attached hydrogens (tertiary/aromatic N) is 5. The summed E-state index contributed by atoms with van der Waals surface area (Å²) >= 11 is 0. The first-order chi connectivity index (χ1) is 15.0. The van der Waals surface area contributed by atoms with E-state index in [1.54, 1.807) is 4.52 Å². The topological polar surface area (TPSA) is 86.1 Å². The summed E-state index contributed by atoms with van der Waals surface area (Å²) in [6, 6.07) is 20.4. The minimum absolute atomic E-state index is 0.253. The molecule has 0 bridgehead atoms. The molecule has 2 aromatic carbocycles. The maximum absolute atomic E-state index is 5.78. The Labute approximate surface area is 180 Å². The Morgan fingerprint density at radius 3 is 2.35 bits per heavy atom. The number of aryl methyl sites for hydroxylation is 3. The molecule has 0 unspecified atom stereocenters. The molecular weight excluding hydrogens is 386 g/mol. The van der Waals surface area contributed by atoms with Crippen molar-refractivity contribution in [2.75, 3.05) is 11.1 Å². The van der Waals surface area contributed by atoms with E-state index >= 15 is 0 Å². The number of pyridine rings is 1. The molecule has 0 aliphatic heterocycles. The molecule has 5 rings (SSSR count). The summed E-state index contributed by atoms with van der Waals surface area (Å²) in [5.74, 6) is 1.15. The van der Waals surface area contributed by atoms with Gasteiger partial charge in [0.2, 0.25) is 5.95 Å². The van der Waals surface area contributed by atoms with Gasteiger partial charge in [-0.2, -0.15) is 10.1 Å². The van der Waals surface area contributed by atoms with Crippen molar-refractivity contribution in [1.82, 2.24) is 24.4 Å². The van der Waals surface area contributed by atoms with Gasteiger partial charge in [0.05, 0.1) is 11.4 Å². The first-order valence-corrected chi connectivity index (χ1v) is 10.1. The van der Waals surface area contributed by atoms with Crippen LogP contribution in [0.1, 0.15) is 16.8 Å². The largest absolute Gasteiger partial charge is 0.366 e. The van der Waals surface area contributed by atoms with Crippen LogP contribution in [0.15, 0.2) is 66.9 Å². The molecule has 3 heterocycles. The van der Waals surface area contributed by atoms with Gasteiger partial charge in [-0.3, -0.25) is 0 Å². The van der Waals surface area contributed by atoms with Gasteiger partial charge in [-0.15, -0.1) is 5.10 Å². The van der Waals surface area contributed by atoms with Gasteiger partial charge >= 0.3 is 0 Å². The summed E-state index contributed by atoms with van der Waals surface area (Å²) < 4.78 is 3.68. The second-order valence-electron chi connectivity index (χ2n) is 7.64. The molecule has 0 aliphatic carbocycles. The van der Waals surface area contributed by atoms with E-state index in [9.17, 15) is 0 Å². The Bertz CT molecular complexity index is 1410. The Balaban J connectivity index is 1.75. The lowest BCUT2D eigenvalue weighted by Crippen LogP contribution is -2.05. The van der Waals surface area contributed by atoms with Crippen molar-refractivity contribution in [3.05, 3.63) is 83.7 Å². The predicted octanol–water partition coefficient (Wildman–Crippen LogP) is 4.83. The first-order valence-electron chi connectivity index (χ1n) is 10.1. The molecule has 5 aromatic rings. The van der Waals surface area contributed by atoms with E-state index in [0.717, 1.165) is 45.1 Å². The standard InChI is InChI=1S/C24H23N7/c1-15-8-4-6-10-19(15)26-23-22(18-12-13-21-27-24(25)29-30(21)14-18)17(3)28-31(23)20-11-7-5-9-16(20)2/h4-14,26H,1-3H3,(H2,25,29). The van der Waals surface area contributed by atoms with Crippen molar-refractivity contribution < 1.29 is 0 Å². The SMILES string of the molecule is Cc1ccccc1Nc1c(-c2ccc3nc(N)nn3c2)c(C)nn1-c1ccccc1C. The quantitative estimate of drug-likeness (QED) is 0.444. The minimum atomic E-state index is 0.253. The number of nitrogens with one attached hydrogen (secondary N) is 1. The van der Waals surface area contributed by atoms with Crippen molar-refractivity contribution in [3.63, 3.8) is 0 Å². The fraction of sp³-hybridized carbons (Fsp3) is 0.125. The van der Waals surface area contributed by atoms with Gasteiger partial charge in [-0.1, -0.05) is 36.4 Å². The third kappa shape index (κ3) is 3.30. The van der Waals surface area contributed by atoms with Crippen LogP contribution in [0.25, 0.3) is 22.5 Å². The molecule has 0 amide bonds. The smallest absolute Gasteiger partial charge is 0.240 e. The number of rotatable bonds is 4. The molecule has 0 saturated heterocycles. The fourth-order valence-corrected chi connectivity index (χ4v) is 3.85. The monoisotopic (exact) mass is 409 g/mol. The molecule has 7 heteroatoms. The number of aromatic nitrogens is 5. The van der Waals surface area contributed by atoms with Gasteiger partial charge in [-0.05, 0) is 56.2 Å². The molecule has 3 aromatic heterocycles. The van der Waals surface area contributed by atoms with Gasteiger partial charge in [0, 0.05) is 23.0 Å². The number of anilines is 3. The maximum Gasteiger partial charge on any atom is 0.240 e. The Kier molecular flexibility index (Phi) is 4.43. The van der Waals surface area contributed by atoms with Crippen molar-refractivity contribution >= 4 is 23.1 Å². The zero-order chi connectivity index (χ0) is 21.5. The zero-order valence-corrected chi connectivity index (χ0v) is 17.7. The Hall–Kier alpha value is -4.13. The number of para-hydroxylation sites is 2. The molecule has 31 heavy (non-hydrogen) atoms. The lowest BCUT2D eigenvalue weighted by Gasteiger charge is -2.15. The molecule has 0 radical (unpaired) electrons. The average molecular weight is 409 g/mol. The molecular formula is C24H23N7. The van der Waals surface area contributed by atoms with Gasteiger partial charge < -0.3 is 11.1 Å². The molecule has 0 atom stereocenters. The first kappa shape index (κ1) is 18.9. The van der Waals surface area contributed by atoms with Crippen LogP contribution in [0.2, 0.25) is 0 Å². The minimum Gasteiger partial charge on any atom is -0.366 e. The van der Waals surface area contributed by atoms with Crippen LogP contribution < -0.4 is 11.1 Å². The van der Waals surface area contributed by atoms with Gasteiger partial charge in [0.25, 0.3) is 0 Å². The third-order valence-corrected chi connectivity index (χ3v) is 5.44. The van der Waals surface area contributed by atoms with E-state index in [4.69, 9.17) is 10.8 Å². The predicted molar refractivity (Wildman–Crippen MR) is 124 cm³/mol. The second kappa shape index (κ2) is 7.28. The summed E-state index contributed by atoms with van der Waals surface area (Å²) in [5, 5.41) is 12.8. The van der Waals surface area contributed by atoms with Crippen LogP contribution in [0.5, 0.6) is 0 Å². The molecule has 154 valence electrons. The lowest BCUT2D eigenvalue weighted by atomic mass is 10.1.